The van der Waals surface area contributed by atoms with Gasteiger partial charge < -0.3 is 10.1 Å². The Kier molecular flexibility index (Phi) is 7.28. The SMILES string of the molecule is CCOc1ccc(NCC(=O)c2cccc(S(=O)(=O)N3CCCCCC3)c2)cc1. The van der Waals surface area contributed by atoms with Gasteiger partial charge in [0.05, 0.1) is 18.0 Å². The number of nitrogens with zero attached hydrogens (tertiary/aromatic N) is 1. The molecule has 6 nitrogen and oxygen atoms in total. The van der Waals surface area contributed by atoms with Gasteiger partial charge in [-0.1, -0.05) is 25.0 Å². The average Bonchev–Trinajstić information content (AvgIpc) is 3.03. The highest BCUT2D eigenvalue weighted by Crippen LogP contribution is 2.21. The number of carbonyl (C=O) groups is 1. The maximum atomic E-state index is 13.0. The molecule has 0 atom stereocenters. The first kappa shape index (κ1) is 21.3. The summed E-state index contributed by atoms with van der Waals surface area (Å²) in [6.45, 7) is 3.69. The maximum Gasteiger partial charge on any atom is 0.243 e. The van der Waals surface area contributed by atoms with E-state index in [9.17, 15) is 13.2 Å². The lowest BCUT2D eigenvalue weighted by atomic mass is 10.1. The number of hydrogen-bond donors (Lipinski definition) is 1. The zero-order chi connectivity index (χ0) is 20.7. The third kappa shape index (κ3) is 5.58. The minimum Gasteiger partial charge on any atom is -0.494 e. The number of nitrogens with one attached hydrogen (secondary N) is 1. The number of carbonyl (C=O) groups excluding carboxylic acids is 1. The Bertz CT molecular complexity index is 918. The molecule has 1 aliphatic rings. The molecule has 0 spiro atoms. The van der Waals surface area contributed by atoms with E-state index in [-0.39, 0.29) is 17.2 Å². The van der Waals surface area contributed by atoms with Gasteiger partial charge in [0.25, 0.3) is 0 Å². The second kappa shape index (κ2) is 9.89. The quantitative estimate of drug-likeness (QED) is 0.660. The summed E-state index contributed by atoms with van der Waals surface area (Å²) in [6.07, 6.45) is 3.87. The fourth-order valence-electron chi connectivity index (χ4n) is 3.38. The predicted octanol–water partition coefficient (Wildman–Crippen LogP) is 3.94. The topological polar surface area (TPSA) is 75.7 Å². The van der Waals surface area contributed by atoms with Gasteiger partial charge in [0.15, 0.2) is 5.78 Å². The van der Waals surface area contributed by atoms with Crippen molar-refractivity contribution in [2.24, 2.45) is 0 Å². The van der Waals surface area contributed by atoms with Crippen LogP contribution < -0.4 is 10.1 Å². The Morgan fingerprint density at radius 2 is 1.72 bits per heavy atom. The summed E-state index contributed by atoms with van der Waals surface area (Å²) in [6, 6.07) is 13.7. The fourth-order valence-corrected chi connectivity index (χ4v) is 4.94. The highest BCUT2D eigenvalue weighted by atomic mass is 32.2. The van der Waals surface area contributed by atoms with E-state index < -0.39 is 10.0 Å². The second-order valence-corrected chi connectivity index (χ2v) is 9.02. The van der Waals surface area contributed by atoms with Gasteiger partial charge in [-0.2, -0.15) is 4.31 Å². The average molecular weight is 417 g/mol. The molecular formula is C22H28N2O4S. The molecule has 0 aliphatic carbocycles. The molecule has 0 radical (unpaired) electrons. The van der Waals surface area contributed by atoms with E-state index in [1.54, 1.807) is 22.5 Å². The van der Waals surface area contributed by atoms with Crippen LogP contribution in [0.3, 0.4) is 0 Å². The number of sulfonamides is 1. The summed E-state index contributed by atoms with van der Waals surface area (Å²) in [7, 11) is -3.57. The van der Waals surface area contributed by atoms with Gasteiger partial charge in [0.2, 0.25) is 10.0 Å². The minimum absolute atomic E-state index is 0.0845. The Morgan fingerprint density at radius 3 is 2.38 bits per heavy atom. The van der Waals surface area contributed by atoms with Crippen LogP contribution in [0.25, 0.3) is 0 Å². The first-order valence-electron chi connectivity index (χ1n) is 10.1. The Hall–Kier alpha value is -2.38. The second-order valence-electron chi connectivity index (χ2n) is 7.08. The van der Waals surface area contributed by atoms with Crippen LogP contribution in [0.5, 0.6) is 5.75 Å². The number of hydrogen-bond acceptors (Lipinski definition) is 5. The van der Waals surface area contributed by atoms with Crippen molar-refractivity contribution in [3.8, 4) is 5.75 Å². The summed E-state index contributed by atoms with van der Waals surface area (Å²) in [5.41, 5.74) is 1.19. The lowest BCUT2D eigenvalue weighted by molar-refractivity contribution is 0.101. The Labute approximate surface area is 172 Å². The largest absolute Gasteiger partial charge is 0.494 e. The van der Waals surface area contributed by atoms with Crippen molar-refractivity contribution in [1.82, 2.24) is 4.31 Å². The van der Waals surface area contributed by atoms with Crippen LogP contribution in [0, 0.1) is 0 Å². The number of ether oxygens (including phenoxy) is 1. The molecule has 1 heterocycles. The summed E-state index contributed by atoms with van der Waals surface area (Å²) in [5, 5.41) is 3.08. The van der Waals surface area contributed by atoms with Gasteiger partial charge in [0.1, 0.15) is 5.75 Å². The highest BCUT2D eigenvalue weighted by Gasteiger charge is 2.25. The van der Waals surface area contributed by atoms with Crippen LogP contribution in [0.15, 0.2) is 53.4 Å². The Morgan fingerprint density at radius 1 is 1.03 bits per heavy atom. The van der Waals surface area contributed by atoms with Crippen LogP contribution in [-0.4, -0.2) is 44.7 Å². The molecule has 2 aromatic rings. The third-order valence-electron chi connectivity index (χ3n) is 4.98. The summed E-state index contributed by atoms with van der Waals surface area (Å²) in [5.74, 6) is 0.614. The summed E-state index contributed by atoms with van der Waals surface area (Å²) in [4.78, 5) is 12.8. The molecule has 1 N–H and O–H groups in total. The number of ketones is 1. The normalized spacial score (nSPS) is 15.5. The van der Waals surface area contributed by atoms with Gasteiger partial charge >= 0.3 is 0 Å². The molecule has 3 rings (SSSR count). The molecule has 2 aromatic carbocycles. The van der Waals surface area contributed by atoms with Crippen molar-refractivity contribution in [3.63, 3.8) is 0 Å². The van der Waals surface area contributed by atoms with Gasteiger partial charge in [-0.15, -0.1) is 0 Å². The van der Waals surface area contributed by atoms with Crippen LogP contribution in [0.1, 0.15) is 43.0 Å². The first-order valence-corrected chi connectivity index (χ1v) is 11.5. The van der Waals surface area contributed by atoms with E-state index in [4.69, 9.17) is 4.74 Å². The lowest BCUT2D eigenvalue weighted by Gasteiger charge is -2.20. The van der Waals surface area contributed by atoms with Crippen LogP contribution in [0.4, 0.5) is 5.69 Å². The molecule has 0 bridgehead atoms. The molecule has 0 aromatic heterocycles. The molecule has 0 amide bonds. The maximum absolute atomic E-state index is 13.0. The van der Waals surface area contributed by atoms with E-state index in [0.29, 0.717) is 25.3 Å². The molecule has 1 aliphatic heterocycles. The molecule has 1 fully saturated rings. The van der Waals surface area contributed by atoms with Crippen molar-refractivity contribution in [2.45, 2.75) is 37.5 Å². The zero-order valence-corrected chi connectivity index (χ0v) is 17.6. The van der Waals surface area contributed by atoms with Crippen molar-refractivity contribution < 1.29 is 17.9 Å². The molecule has 1 saturated heterocycles. The number of Topliss-reactive ketones (excluding diaryl/α,β-unsaturated/α-hetero) is 1. The van der Waals surface area contributed by atoms with Crippen molar-refractivity contribution in [3.05, 3.63) is 54.1 Å². The smallest absolute Gasteiger partial charge is 0.243 e. The number of anilines is 1. The van der Waals surface area contributed by atoms with Crippen LogP contribution >= 0.6 is 0 Å². The number of rotatable bonds is 8. The summed E-state index contributed by atoms with van der Waals surface area (Å²) >= 11 is 0. The predicted molar refractivity (Wildman–Crippen MR) is 114 cm³/mol. The molecule has 0 unspecified atom stereocenters. The molecular weight excluding hydrogens is 388 g/mol. The molecule has 29 heavy (non-hydrogen) atoms. The fraction of sp³-hybridized carbons (Fsp3) is 0.409. The minimum atomic E-state index is -3.57. The van der Waals surface area contributed by atoms with Crippen LogP contribution in [0.2, 0.25) is 0 Å². The highest BCUT2D eigenvalue weighted by molar-refractivity contribution is 7.89. The van der Waals surface area contributed by atoms with Crippen molar-refractivity contribution >= 4 is 21.5 Å². The van der Waals surface area contributed by atoms with E-state index in [1.165, 1.54) is 6.07 Å². The van der Waals surface area contributed by atoms with E-state index >= 15 is 0 Å². The monoisotopic (exact) mass is 416 g/mol. The molecule has 0 saturated carbocycles. The third-order valence-corrected chi connectivity index (χ3v) is 6.87. The molecule has 156 valence electrons. The van der Waals surface area contributed by atoms with Gasteiger partial charge in [-0.3, -0.25) is 4.79 Å². The number of benzene rings is 2. The molecule has 7 heteroatoms. The van der Waals surface area contributed by atoms with E-state index in [1.807, 2.05) is 31.2 Å². The summed E-state index contributed by atoms with van der Waals surface area (Å²) < 4.78 is 32.9. The van der Waals surface area contributed by atoms with E-state index in [0.717, 1.165) is 37.1 Å². The first-order chi connectivity index (χ1) is 14.0. The van der Waals surface area contributed by atoms with Crippen molar-refractivity contribution in [2.75, 3.05) is 31.6 Å². The Balaban J connectivity index is 1.67. The van der Waals surface area contributed by atoms with Gasteiger partial charge in [-0.05, 0) is 56.2 Å². The zero-order valence-electron chi connectivity index (χ0n) is 16.8. The standard InChI is InChI=1S/C22H28N2O4S/c1-2-28-20-12-10-19(11-13-20)23-17-22(25)18-8-7-9-21(16-18)29(26,27)24-14-5-3-4-6-15-24/h7-13,16,23H,2-6,14-15,17H2,1H3. The van der Waals surface area contributed by atoms with E-state index in [2.05, 4.69) is 5.32 Å². The van der Waals surface area contributed by atoms with Crippen molar-refractivity contribution in [1.29, 1.82) is 0 Å². The lowest BCUT2D eigenvalue weighted by Crippen LogP contribution is -2.32. The van der Waals surface area contributed by atoms with Gasteiger partial charge in [0, 0.05) is 24.3 Å². The van der Waals surface area contributed by atoms with Crippen LogP contribution in [-0.2, 0) is 10.0 Å². The van der Waals surface area contributed by atoms with Gasteiger partial charge in [-0.25, -0.2) is 8.42 Å².